The van der Waals surface area contributed by atoms with Gasteiger partial charge in [-0.2, -0.15) is 8.78 Å². The number of benzene rings is 1. The van der Waals surface area contributed by atoms with Crippen LogP contribution in [0.2, 0.25) is 0 Å². The van der Waals surface area contributed by atoms with Crippen LogP contribution in [0.15, 0.2) is 29.9 Å². The SMILES string of the molecule is Cc1cc(C(=O)O)ccc1C1CC2(CCN1C(=O)OC(C)(C)C)CC(=C(F)F)C2. The van der Waals surface area contributed by atoms with Crippen LogP contribution in [0.25, 0.3) is 0 Å². The van der Waals surface area contributed by atoms with Crippen LogP contribution < -0.4 is 0 Å². The number of hydrogen-bond donors (Lipinski definition) is 1. The highest BCUT2D eigenvalue weighted by molar-refractivity contribution is 5.88. The lowest BCUT2D eigenvalue weighted by Gasteiger charge is -2.52. The zero-order valence-corrected chi connectivity index (χ0v) is 17.2. The van der Waals surface area contributed by atoms with Gasteiger partial charge in [0.25, 0.3) is 6.08 Å². The number of aromatic carboxylic acids is 1. The summed E-state index contributed by atoms with van der Waals surface area (Å²) in [5.41, 5.74) is 1.06. The maximum atomic E-state index is 13.0. The molecule has 1 unspecified atom stereocenters. The molecule has 2 aliphatic rings. The second kappa shape index (κ2) is 7.43. The average Bonchev–Trinajstić information content (AvgIpc) is 2.57. The molecule has 0 bridgehead atoms. The summed E-state index contributed by atoms with van der Waals surface area (Å²) in [6.07, 6.45) is -0.141. The molecule has 2 fully saturated rings. The Hall–Kier alpha value is -2.44. The Morgan fingerprint density at radius 1 is 1.24 bits per heavy atom. The van der Waals surface area contributed by atoms with Crippen LogP contribution in [0.4, 0.5) is 13.6 Å². The number of carboxylic acid groups (broad SMARTS) is 1. The van der Waals surface area contributed by atoms with Crippen LogP contribution in [0.3, 0.4) is 0 Å². The number of rotatable bonds is 2. The van der Waals surface area contributed by atoms with Crippen LogP contribution >= 0.6 is 0 Å². The second-order valence-electron chi connectivity index (χ2n) is 9.24. The molecule has 3 rings (SSSR count). The van der Waals surface area contributed by atoms with Gasteiger partial charge in [0.2, 0.25) is 0 Å². The number of piperidine rings is 1. The molecule has 1 heterocycles. The van der Waals surface area contributed by atoms with Crippen molar-refractivity contribution in [2.45, 2.75) is 65.0 Å². The van der Waals surface area contributed by atoms with Crippen molar-refractivity contribution in [1.82, 2.24) is 4.90 Å². The zero-order valence-electron chi connectivity index (χ0n) is 17.2. The fourth-order valence-corrected chi connectivity index (χ4v) is 4.44. The summed E-state index contributed by atoms with van der Waals surface area (Å²) in [6, 6.07) is 4.49. The van der Waals surface area contributed by atoms with E-state index in [1.807, 2.05) is 6.92 Å². The van der Waals surface area contributed by atoms with Crippen LogP contribution in [0, 0.1) is 12.3 Å². The Labute approximate surface area is 169 Å². The van der Waals surface area contributed by atoms with Crippen LogP contribution in [-0.2, 0) is 4.74 Å². The number of allylic oxidation sites excluding steroid dienone is 1. The number of carboxylic acids is 1. The summed E-state index contributed by atoms with van der Waals surface area (Å²) in [5.74, 6) is -1.02. The largest absolute Gasteiger partial charge is 0.478 e. The molecular formula is C22H27F2NO4. The molecule has 1 amide bonds. The highest BCUT2D eigenvalue weighted by Crippen LogP contribution is 2.57. The summed E-state index contributed by atoms with van der Waals surface area (Å²) in [7, 11) is 0. The van der Waals surface area contributed by atoms with Gasteiger partial charge in [-0.1, -0.05) is 6.07 Å². The standard InChI is InChI=1S/C22H27F2NO4/c1-13-9-14(19(26)27)5-6-16(13)17-12-22(10-15(11-22)18(23)24)7-8-25(17)20(28)29-21(2,3)4/h5-6,9,17H,7-8,10-12H2,1-4H3,(H,26,27). The predicted molar refractivity (Wildman–Crippen MR) is 104 cm³/mol. The molecule has 1 N–H and O–H groups in total. The van der Waals surface area contributed by atoms with Crippen molar-refractivity contribution in [2.24, 2.45) is 5.41 Å². The van der Waals surface area contributed by atoms with E-state index in [9.17, 15) is 23.5 Å². The zero-order chi connectivity index (χ0) is 21.6. The number of aryl methyl sites for hydroxylation is 1. The quantitative estimate of drug-likeness (QED) is 0.683. The van der Waals surface area contributed by atoms with E-state index in [1.165, 1.54) is 6.07 Å². The van der Waals surface area contributed by atoms with E-state index < -0.39 is 23.7 Å². The van der Waals surface area contributed by atoms with Crippen LogP contribution in [0.5, 0.6) is 0 Å². The van der Waals surface area contributed by atoms with Gasteiger partial charge < -0.3 is 14.7 Å². The molecule has 29 heavy (non-hydrogen) atoms. The summed E-state index contributed by atoms with van der Waals surface area (Å²) < 4.78 is 31.5. The molecule has 0 aromatic heterocycles. The highest BCUT2D eigenvalue weighted by atomic mass is 19.3. The normalized spacial score (nSPS) is 24.3. The maximum Gasteiger partial charge on any atom is 0.410 e. The van der Waals surface area contributed by atoms with Gasteiger partial charge in [0.05, 0.1) is 11.6 Å². The van der Waals surface area contributed by atoms with E-state index in [4.69, 9.17) is 4.74 Å². The number of halogens is 2. The Morgan fingerprint density at radius 3 is 2.41 bits per heavy atom. The number of likely N-dealkylation sites (tertiary alicyclic amines) is 1. The molecule has 0 radical (unpaired) electrons. The maximum absolute atomic E-state index is 13.0. The Balaban J connectivity index is 1.93. The average molecular weight is 407 g/mol. The molecule has 1 saturated heterocycles. The van der Waals surface area contributed by atoms with E-state index in [-0.39, 0.29) is 22.6 Å². The summed E-state index contributed by atoms with van der Waals surface area (Å²) in [6.45, 7) is 7.62. The van der Waals surface area contributed by atoms with Crippen molar-refractivity contribution in [3.05, 3.63) is 46.5 Å². The molecule has 1 aliphatic heterocycles. The predicted octanol–water partition coefficient (Wildman–Crippen LogP) is 5.70. The molecule has 1 spiro atoms. The van der Waals surface area contributed by atoms with Crippen LogP contribution in [0.1, 0.15) is 74.0 Å². The minimum absolute atomic E-state index is 0.175. The molecule has 5 nitrogen and oxygen atoms in total. The number of hydrogen-bond acceptors (Lipinski definition) is 3. The Kier molecular flexibility index (Phi) is 5.45. The fourth-order valence-electron chi connectivity index (χ4n) is 4.44. The van der Waals surface area contributed by atoms with Gasteiger partial charge in [-0.25, -0.2) is 9.59 Å². The van der Waals surface area contributed by atoms with Crippen molar-refractivity contribution in [3.8, 4) is 0 Å². The minimum atomic E-state index is -1.59. The third kappa shape index (κ3) is 4.43. The lowest BCUT2D eigenvalue weighted by Crippen LogP contribution is -2.49. The van der Waals surface area contributed by atoms with E-state index in [2.05, 4.69) is 0 Å². The van der Waals surface area contributed by atoms with E-state index in [1.54, 1.807) is 37.8 Å². The van der Waals surface area contributed by atoms with Crippen molar-refractivity contribution in [2.75, 3.05) is 6.54 Å². The second-order valence-corrected chi connectivity index (χ2v) is 9.24. The number of amides is 1. The van der Waals surface area contributed by atoms with E-state index >= 15 is 0 Å². The minimum Gasteiger partial charge on any atom is -0.478 e. The molecule has 1 aromatic rings. The van der Waals surface area contributed by atoms with E-state index in [0.717, 1.165) is 11.1 Å². The monoisotopic (exact) mass is 407 g/mol. The van der Waals surface area contributed by atoms with Gasteiger partial charge in [0, 0.05) is 6.54 Å². The Bertz CT molecular complexity index is 860. The van der Waals surface area contributed by atoms with Gasteiger partial charge in [-0.05, 0) is 87.6 Å². The highest BCUT2D eigenvalue weighted by Gasteiger charge is 2.49. The number of carbonyl (C=O) groups excluding carboxylic acids is 1. The first-order valence-corrected chi connectivity index (χ1v) is 9.77. The molecule has 1 aliphatic carbocycles. The number of ether oxygens (including phenoxy) is 1. The number of carbonyl (C=O) groups is 2. The molecule has 1 aromatic carbocycles. The topological polar surface area (TPSA) is 66.8 Å². The van der Waals surface area contributed by atoms with Crippen molar-refractivity contribution in [3.63, 3.8) is 0 Å². The summed E-state index contributed by atoms with van der Waals surface area (Å²) in [4.78, 5) is 25.8. The van der Waals surface area contributed by atoms with Crippen molar-refractivity contribution >= 4 is 12.1 Å². The van der Waals surface area contributed by atoms with Gasteiger partial charge in [-0.15, -0.1) is 0 Å². The van der Waals surface area contributed by atoms with Gasteiger partial charge in [-0.3, -0.25) is 0 Å². The third-order valence-electron chi connectivity index (χ3n) is 5.83. The molecular weight excluding hydrogens is 380 g/mol. The Morgan fingerprint density at radius 2 is 1.90 bits per heavy atom. The molecule has 7 heteroatoms. The first-order valence-electron chi connectivity index (χ1n) is 9.77. The third-order valence-corrected chi connectivity index (χ3v) is 5.83. The first kappa shape index (κ1) is 21.3. The molecule has 1 atom stereocenters. The summed E-state index contributed by atoms with van der Waals surface area (Å²) in [5, 5.41) is 9.23. The number of nitrogens with zero attached hydrogens (tertiary/aromatic N) is 1. The van der Waals surface area contributed by atoms with Crippen molar-refractivity contribution in [1.29, 1.82) is 0 Å². The van der Waals surface area contributed by atoms with Gasteiger partial charge >= 0.3 is 12.1 Å². The van der Waals surface area contributed by atoms with Gasteiger partial charge in [0.1, 0.15) is 5.60 Å². The van der Waals surface area contributed by atoms with Crippen molar-refractivity contribution < 1.29 is 28.2 Å². The lowest BCUT2D eigenvalue weighted by molar-refractivity contribution is -0.0189. The van der Waals surface area contributed by atoms with Crippen LogP contribution in [-0.4, -0.2) is 34.2 Å². The smallest absolute Gasteiger partial charge is 0.410 e. The lowest BCUT2D eigenvalue weighted by atomic mass is 9.58. The first-order chi connectivity index (χ1) is 13.4. The molecule has 1 saturated carbocycles. The summed E-state index contributed by atoms with van der Waals surface area (Å²) >= 11 is 0. The van der Waals surface area contributed by atoms with Gasteiger partial charge in [0.15, 0.2) is 0 Å². The van der Waals surface area contributed by atoms with E-state index in [0.29, 0.717) is 32.2 Å². The fraction of sp³-hybridized carbons (Fsp3) is 0.545. The molecule has 158 valence electrons.